The maximum Gasteiger partial charge on any atom is 0.251 e. The Bertz CT molecular complexity index is 1170. The fourth-order valence-corrected chi connectivity index (χ4v) is 3.03. The first-order valence-electron chi connectivity index (χ1n) is 9.27. The summed E-state index contributed by atoms with van der Waals surface area (Å²) in [7, 11) is 0. The molecule has 1 amide bonds. The van der Waals surface area contributed by atoms with Crippen LogP contribution in [0.15, 0.2) is 73.1 Å². The normalized spacial score (nSPS) is 10.8. The molecule has 2 aromatic heterocycles. The van der Waals surface area contributed by atoms with Crippen molar-refractivity contribution in [2.24, 2.45) is 0 Å². The third-order valence-corrected chi connectivity index (χ3v) is 4.53. The van der Waals surface area contributed by atoms with Gasteiger partial charge in [0.2, 0.25) is 0 Å². The van der Waals surface area contributed by atoms with Crippen LogP contribution in [0.4, 0.5) is 4.39 Å². The van der Waals surface area contributed by atoms with Crippen molar-refractivity contribution in [3.05, 3.63) is 101 Å². The Morgan fingerprint density at radius 3 is 2.83 bits per heavy atom. The minimum Gasteiger partial charge on any atom is -0.487 e. The van der Waals surface area contributed by atoms with Gasteiger partial charge in [-0.15, -0.1) is 0 Å². The summed E-state index contributed by atoms with van der Waals surface area (Å²) in [6.07, 6.45) is 3.93. The summed E-state index contributed by atoms with van der Waals surface area (Å²) in [4.78, 5) is 16.9. The molecule has 6 heteroatoms. The SMILES string of the molecule is Cc1ccc2nc(COc3cccc(C(=O)NCc4ccccc4F)c3)cn2c1. The summed E-state index contributed by atoms with van der Waals surface area (Å²) in [6, 6.07) is 17.2. The Balaban J connectivity index is 1.39. The molecule has 0 aliphatic rings. The number of hydrogen-bond acceptors (Lipinski definition) is 3. The molecule has 0 aliphatic heterocycles. The molecule has 4 rings (SSSR count). The Hall–Kier alpha value is -3.67. The van der Waals surface area contributed by atoms with E-state index in [0.717, 1.165) is 16.9 Å². The minimum atomic E-state index is -0.340. The van der Waals surface area contributed by atoms with E-state index in [2.05, 4.69) is 10.3 Å². The number of ether oxygens (including phenoxy) is 1. The first-order valence-corrected chi connectivity index (χ1v) is 9.27. The number of carbonyl (C=O) groups excluding carboxylic acids is 1. The van der Waals surface area contributed by atoms with Crippen LogP contribution in [0, 0.1) is 12.7 Å². The van der Waals surface area contributed by atoms with Gasteiger partial charge in [0.05, 0.1) is 5.69 Å². The molecular weight excluding hydrogens is 369 g/mol. The highest BCUT2D eigenvalue weighted by molar-refractivity contribution is 5.94. The zero-order chi connectivity index (χ0) is 20.2. The summed E-state index contributed by atoms with van der Waals surface area (Å²) < 4.78 is 21.5. The number of nitrogens with zero attached hydrogens (tertiary/aromatic N) is 2. The number of pyridine rings is 1. The molecule has 0 saturated heterocycles. The van der Waals surface area contributed by atoms with Crippen molar-refractivity contribution in [3.8, 4) is 5.75 Å². The molecule has 2 aromatic carbocycles. The number of amides is 1. The smallest absolute Gasteiger partial charge is 0.251 e. The molecule has 0 bridgehead atoms. The quantitative estimate of drug-likeness (QED) is 0.535. The topological polar surface area (TPSA) is 55.6 Å². The van der Waals surface area contributed by atoms with Crippen molar-refractivity contribution in [3.63, 3.8) is 0 Å². The van der Waals surface area contributed by atoms with Gasteiger partial charge >= 0.3 is 0 Å². The van der Waals surface area contributed by atoms with Crippen LogP contribution in [0.3, 0.4) is 0 Å². The molecule has 0 spiro atoms. The average molecular weight is 389 g/mol. The molecule has 1 N–H and O–H groups in total. The van der Waals surface area contributed by atoms with Gasteiger partial charge in [0.15, 0.2) is 0 Å². The highest BCUT2D eigenvalue weighted by atomic mass is 19.1. The third kappa shape index (κ3) is 4.43. The van der Waals surface area contributed by atoms with Gasteiger partial charge in [-0.1, -0.05) is 30.3 Å². The van der Waals surface area contributed by atoms with Gasteiger partial charge < -0.3 is 14.5 Å². The fourth-order valence-electron chi connectivity index (χ4n) is 3.03. The molecule has 0 saturated carbocycles. The van der Waals surface area contributed by atoms with E-state index in [4.69, 9.17) is 4.74 Å². The van der Waals surface area contributed by atoms with Crippen LogP contribution < -0.4 is 10.1 Å². The number of carbonyl (C=O) groups is 1. The zero-order valence-corrected chi connectivity index (χ0v) is 15.9. The van der Waals surface area contributed by atoms with E-state index in [1.807, 2.05) is 35.9 Å². The Morgan fingerprint density at radius 1 is 1.10 bits per heavy atom. The lowest BCUT2D eigenvalue weighted by Gasteiger charge is -2.08. The van der Waals surface area contributed by atoms with Crippen LogP contribution in [0.1, 0.15) is 27.2 Å². The monoisotopic (exact) mass is 389 g/mol. The van der Waals surface area contributed by atoms with Gasteiger partial charge in [-0.2, -0.15) is 0 Å². The van der Waals surface area contributed by atoms with E-state index in [-0.39, 0.29) is 18.3 Å². The van der Waals surface area contributed by atoms with E-state index in [9.17, 15) is 9.18 Å². The third-order valence-electron chi connectivity index (χ3n) is 4.53. The Morgan fingerprint density at radius 2 is 1.97 bits per heavy atom. The van der Waals surface area contributed by atoms with Gasteiger partial charge in [-0.25, -0.2) is 9.37 Å². The standard InChI is InChI=1S/C23H20FN3O2/c1-16-9-10-22-26-19(14-27(22)13-16)15-29-20-7-4-6-17(11-20)23(28)25-12-18-5-2-3-8-21(18)24/h2-11,13-14H,12,15H2,1H3,(H,25,28). The van der Waals surface area contributed by atoms with Crippen molar-refractivity contribution in [2.75, 3.05) is 0 Å². The van der Waals surface area contributed by atoms with Gasteiger partial charge in [-0.05, 0) is 42.8 Å². The number of aryl methyl sites for hydroxylation is 1. The fraction of sp³-hybridized carbons (Fsp3) is 0.130. The van der Waals surface area contributed by atoms with E-state index in [1.165, 1.54) is 6.07 Å². The van der Waals surface area contributed by atoms with Crippen molar-refractivity contribution in [1.29, 1.82) is 0 Å². The van der Waals surface area contributed by atoms with Crippen LogP contribution in [-0.4, -0.2) is 15.3 Å². The van der Waals surface area contributed by atoms with Crippen molar-refractivity contribution < 1.29 is 13.9 Å². The molecular formula is C23H20FN3O2. The maximum absolute atomic E-state index is 13.7. The minimum absolute atomic E-state index is 0.122. The first-order chi connectivity index (χ1) is 14.1. The van der Waals surface area contributed by atoms with Gasteiger partial charge in [0, 0.05) is 30.1 Å². The maximum atomic E-state index is 13.7. The van der Waals surface area contributed by atoms with Crippen LogP contribution in [0.5, 0.6) is 5.75 Å². The number of fused-ring (bicyclic) bond motifs is 1. The van der Waals surface area contributed by atoms with E-state index in [1.54, 1.807) is 42.5 Å². The molecule has 0 fully saturated rings. The van der Waals surface area contributed by atoms with E-state index in [0.29, 0.717) is 23.5 Å². The first kappa shape index (κ1) is 18.7. The molecule has 0 unspecified atom stereocenters. The number of rotatable bonds is 6. The highest BCUT2D eigenvalue weighted by Crippen LogP contribution is 2.16. The number of hydrogen-bond donors (Lipinski definition) is 1. The molecule has 146 valence electrons. The lowest BCUT2D eigenvalue weighted by atomic mass is 10.1. The van der Waals surface area contributed by atoms with Crippen molar-refractivity contribution in [1.82, 2.24) is 14.7 Å². The number of aromatic nitrogens is 2. The second-order valence-corrected chi connectivity index (χ2v) is 6.79. The highest BCUT2D eigenvalue weighted by Gasteiger charge is 2.09. The van der Waals surface area contributed by atoms with Gasteiger partial charge in [0.1, 0.15) is 23.8 Å². The van der Waals surface area contributed by atoms with Crippen LogP contribution in [0.25, 0.3) is 5.65 Å². The van der Waals surface area contributed by atoms with Gasteiger partial charge in [0.25, 0.3) is 5.91 Å². The largest absolute Gasteiger partial charge is 0.487 e. The lowest BCUT2D eigenvalue weighted by Crippen LogP contribution is -2.23. The average Bonchev–Trinajstić information content (AvgIpc) is 3.13. The Kier molecular flexibility index (Phi) is 5.24. The summed E-state index contributed by atoms with van der Waals surface area (Å²) in [5.74, 6) is -0.0637. The van der Waals surface area contributed by atoms with Crippen LogP contribution in [0.2, 0.25) is 0 Å². The number of halogens is 1. The summed E-state index contributed by atoms with van der Waals surface area (Å²) in [5, 5.41) is 2.73. The molecule has 29 heavy (non-hydrogen) atoms. The number of imidazole rings is 1. The molecule has 2 heterocycles. The molecule has 0 aliphatic carbocycles. The summed E-state index contributed by atoms with van der Waals surface area (Å²) in [6.45, 7) is 2.44. The van der Waals surface area contributed by atoms with E-state index >= 15 is 0 Å². The molecule has 4 aromatic rings. The lowest BCUT2D eigenvalue weighted by molar-refractivity contribution is 0.0950. The number of nitrogens with one attached hydrogen (secondary N) is 1. The molecule has 5 nitrogen and oxygen atoms in total. The molecule has 0 radical (unpaired) electrons. The Labute approximate surface area is 167 Å². The second kappa shape index (κ2) is 8.14. The second-order valence-electron chi connectivity index (χ2n) is 6.79. The zero-order valence-electron chi connectivity index (χ0n) is 15.9. The molecule has 0 atom stereocenters. The predicted octanol–water partition coefficient (Wildman–Crippen LogP) is 4.29. The number of benzene rings is 2. The van der Waals surface area contributed by atoms with Crippen LogP contribution >= 0.6 is 0 Å². The van der Waals surface area contributed by atoms with Gasteiger partial charge in [-0.3, -0.25) is 4.79 Å². The van der Waals surface area contributed by atoms with Crippen LogP contribution in [-0.2, 0) is 13.2 Å². The summed E-state index contributed by atoms with van der Waals surface area (Å²) in [5.41, 5.74) is 3.69. The van der Waals surface area contributed by atoms with Crippen molar-refractivity contribution >= 4 is 11.6 Å². The predicted molar refractivity (Wildman–Crippen MR) is 108 cm³/mol. The van der Waals surface area contributed by atoms with Crippen molar-refractivity contribution in [2.45, 2.75) is 20.1 Å². The van der Waals surface area contributed by atoms with E-state index < -0.39 is 0 Å². The summed E-state index contributed by atoms with van der Waals surface area (Å²) >= 11 is 0.